The molecule has 2 N–H and O–H groups in total. The summed E-state index contributed by atoms with van der Waals surface area (Å²) in [6.45, 7) is 2.13. The quantitative estimate of drug-likeness (QED) is 0.192. The van der Waals surface area contributed by atoms with Gasteiger partial charge in [-0.2, -0.15) is 5.06 Å². The number of anilines is 1. The Bertz CT molecular complexity index is 803. The van der Waals surface area contributed by atoms with Crippen LogP contribution in [0.1, 0.15) is 87.9 Å². The van der Waals surface area contributed by atoms with E-state index in [0.717, 1.165) is 56.4 Å². The minimum absolute atomic E-state index is 0.0743. The summed E-state index contributed by atoms with van der Waals surface area (Å²) in [7, 11) is 0. The molecule has 1 aliphatic carbocycles. The second-order valence-corrected chi connectivity index (χ2v) is 7.97. The summed E-state index contributed by atoms with van der Waals surface area (Å²) < 4.78 is 0. The van der Waals surface area contributed by atoms with E-state index in [0.29, 0.717) is 28.6 Å². The number of carbonyl (C=O) groups excluding carboxylic acids is 2. The molecule has 1 aromatic carbocycles. The van der Waals surface area contributed by atoms with Crippen LogP contribution in [-0.2, 0) is 4.79 Å². The number of benzene rings is 1. The van der Waals surface area contributed by atoms with Crippen LogP contribution in [-0.4, -0.2) is 21.9 Å². The third-order valence-electron chi connectivity index (χ3n) is 5.89. The summed E-state index contributed by atoms with van der Waals surface area (Å²) in [5, 5.41) is 11.9. The molecule has 1 fully saturated rings. The van der Waals surface area contributed by atoms with Gasteiger partial charge in [0.1, 0.15) is 0 Å². The molecule has 1 amide bonds. The van der Waals surface area contributed by atoms with Crippen LogP contribution in [0.5, 0.6) is 0 Å². The number of hydrogen-bond acceptors (Lipinski definition) is 3. The minimum Gasteiger partial charge on any atom is -0.359 e. The van der Waals surface area contributed by atoms with Crippen molar-refractivity contribution in [2.75, 3.05) is 5.06 Å². The average Bonchev–Trinajstić information content (AvgIpc) is 2.96. The minimum atomic E-state index is -0.308. The molecule has 1 heterocycles. The van der Waals surface area contributed by atoms with Crippen LogP contribution >= 0.6 is 0 Å². The van der Waals surface area contributed by atoms with Gasteiger partial charge in [0.15, 0.2) is 5.78 Å². The van der Waals surface area contributed by atoms with Crippen molar-refractivity contribution in [1.82, 2.24) is 4.98 Å². The first-order valence-corrected chi connectivity index (χ1v) is 10.8. The molecule has 3 rings (SSSR count). The maximum atomic E-state index is 13.1. The Morgan fingerprint density at radius 3 is 2.57 bits per heavy atom. The summed E-state index contributed by atoms with van der Waals surface area (Å²) in [6.07, 6.45) is 12.5. The lowest BCUT2D eigenvalue weighted by molar-refractivity contribution is -0.123. The fraction of sp³-hybridized carbons (Fsp3) is 0.565. The summed E-state index contributed by atoms with van der Waals surface area (Å²) in [4.78, 5) is 28.6. The van der Waals surface area contributed by atoms with Crippen molar-refractivity contribution in [3.63, 3.8) is 0 Å². The number of nitrogens with one attached hydrogen (secondary N) is 1. The Morgan fingerprint density at radius 1 is 1.11 bits per heavy atom. The van der Waals surface area contributed by atoms with Gasteiger partial charge in [-0.25, -0.2) is 0 Å². The molecule has 152 valence electrons. The number of hydrogen-bond donors (Lipinski definition) is 2. The molecule has 28 heavy (non-hydrogen) atoms. The van der Waals surface area contributed by atoms with Crippen molar-refractivity contribution in [3.05, 3.63) is 30.0 Å². The Morgan fingerprint density at radius 2 is 1.86 bits per heavy atom. The average molecular weight is 385 g/mol. The third kappa shape index (κ3) is 4.64. The zero-order valence-corrected chi connectivity index (χ0v) is 16.9. The highest BCUT2D eigenvalue weighted by Crippen LogP contribution is 2.32. The molecule has 0 unspecified atom stereocenters. The largest absolute Gasteiger partial charge is 0.359 e. The normalized spacial score (nSPS) is 15.5. The van der Waals surface area contributed by atoms with Crippen LogP contribution in [0.2, 0.25) is 0 Å². The number of unbranched alkanes of at least 4 members (excludes halogenated alkanes) is 3. The van der Waals surface area contributed by atoms with Crippen molar-refractivity contribution in [1.29, 1.82) is 0 Å². The monoisotopic (exact) mass is 384 g/mol. The standard InChI is InChI=1S/C23H32N2O3/c1-2-3-4-9-15-21(26)25(28)20-16-24-22-18(20)13-10-14-19(22)23(27)17-11-7-5-6-8-12-17/h10,13-14,16-17,24,28H,2-9,11-12,15H2,1H3. The van der Waals surface area contributed by atoms with E-state index >= 15 is 0 Å². The van der Waals surface area contributed by atoms with Gasteiger partial charge in [-0.1, -0.05) is 64.0 Å². The van der Waals surface area contributed by atoms with Gasteiger partial charge in [-0.05, 0) is 25.3 Å². The maximum Gasteiger partial charge on any atom is 0.250 e. The smallest absolute Gasteiger partial charge is 0.250 e. The molecule has 1 aliphatic rings. The van der Waals surface area contributed by atoms with Crippen molar-refractivity contribution in [3.8, 4) is 0 Å². The highest BCUT2D eigenvalue weighted by Gasteiger charge is 2.25. The summed E-state index contributed by atoms with van der Waals surface area (Å²) in [6, 6.07) is 5.53. The molecular formula is C23H32N2O3. The van der Waals surface area contributed by atoms with E-state index in [4.69, 9.17) is 0 Å². The van der Waals surface area contributed by atoms with Gasteiger partial charge < -0.3 is 4.98 Å². The van der Waals surface area contributed by atoms with Gasteiger partial charge in [-0.15, -0.1) is 0 Å². The maximum absolute atomic E-state index is 13.1. The first kappa shape index (κ1) is 20.6. The number of aromatic amines is 1. The van der Waals surface area contributed by atoms with Gasteiger partial charge >= 0.3 is 0 Å². The van der Waals surface area contributed by atoms with Crippen LogP contribution in [0, 0.1) is 5.92 Å². The van der Waals surface area contributed by atoms with E-state index in [2.05, 4.69) is 11.9 Å². The molecule has 5 nitrogen and oxygen atoms in total. The molecular weight excluding hydrogens is 352 g/mol. The summed E-state index contributed by atoms with van der Waals surface area (Å²) >= 11 is 0. The molecule has 0 saturated heterocycles. The fourth-order valence-electron chi connectivity index (χ4n) is 4.22. The predicted molar refractivity (Wildman–Crippen MR) is 112 cm³/mol. The van der Waals surface area contributed by atoms with Gasteiger partial charge in [-0.3, -0.25) is 14.8 Å². The molecule has 0 radical (unpaired) electrons. The van der Waals surface area contributed by atoms with Gasteiger partial charge in [0, 0.05) is 29.5 Å². The van der Waals surface area contributed by atoms with Crippen LogP contribution in [0.4, 0.5) is 5.69 Å². The lowest BCUT2D eigenvalue weighted by Crippen LogP contribution is -2.26. The Balaban J connectivity index is 1.78. The second-order valence-electron chi connectivity index (χ2n) is 7.97. The topological polar surface area (TPSA) is 73.4 Å². The number of fused-ring (bicyclic) bond motifs is 1. The van der Waals surface area contributed by atoms with Crippen molar-refractivity contribution < 1.29 is 14.8 Å². The van der Waals surface area contributed by atoms with E-state index in [1.54, 1.807) is 6.20 Å². The Hall–Kier alpha value is -2.14. The zero-order valence-electron chi connectivity index (χ0n) is 16.9. The van der Waals surface area contributed by atoms with Gasteiger partial charge in [0.25, 0.3) is 5.91 Å². The van der Waals surface area contributed by atoms with Gasteiger partial charge in [0.2, 0.25) is 0 Å². The second kappa shape index (κ2) is 9.87. The van der Waals surface area contributed by atoms with Crippen LogP contribution < -0.4 is 5.06 Å². The highest BCUT2D eigenvalue weighted by molar-refractivity contribution is 6.12. The van der Waals surface area contributed by atoms with Crippen molar-refractivity contribution in [2.24, 2.45) is 5.92 Å². The zero-order chi connectivity index (χ0) is 19.9. The Labute approximate surface area is 167 Å². The lowest BCUT2D eigenvalue weighted by atomic mass is 9.90. The van der Waals surface area contributed by atoms with E-state index in [1.807, 2.05) is 18.2 Å². The number of aromatic nitrogens is 1. The number of para-hydroxylation sites is 1. The van der Waals surface area contributed by atoms with Crippen LogP contribution in [0.3, 0.4) is 0 Å². The van der Waals surface area contributed by atoms with Crippen LogP contribution in [0.15, 0.2) is 24.4 Å². The van der Waals surface area contributed by atoms with Gasteiger partial charge in [0.05, 0.1) is 11.2 Å². The lowest BCUT2D eigenvalue weighted by Gasteiger charge is -2.15. The van der Waals surface area contributed by atoms with E-state index in [-0.39, 0.29) is 17.6 Å². The van der Waals surface area contributed by atoms with E-state index in [1.165, 1.54) is 12.8 Å². The van der Waals surface area contributed by atoms with E-state index in [9.17, 15) is 14.8 Å². The number of amides is 1. The first-order valence-electron chi connectivity index (χ1n) is 10.8. The molecule has 2 aromatic rings. The SMILES string of the molecule is CCCCCCC(=O)N(O)c1c[nH]c2c(C(=O)C3CCCCCC3)cccc12. The molecule has 1 aromatic heterocycles. The fourth-order valence-corrected chi connectivity index (χ4v) is 4.22. The number of ketones is 1. The number of Topliss-reactive ketones (excluding diaryl/α,β-unsaturated/α-hetero) is 1. The number of rotatable bonds is 8. The third-order valence-corrected chi connectivity index (χ3v) is 5.89. The number of H-pyrrole nitrogens is 1. The van der Waals surface area contributed by atoms with Crippen molar-refractivity contribution in [2.45, 2.75) is 77.6 Å². The molecule has 0 spiro atoms. The van der Waals surface area contributed by atoms with E-state index < -0.39 is 0 Å². The predicted octanol–water partition coefficient (Wildman–Crippen LogP) is 6.01. The summed E-state index contributed by atoms with van der Waals surface area (Å²) in [5.41, 5.74) is 1.80. The Kier molecular flexibility index (Phi) is 7.26. The first-order chi connectivity index (χ1) is 13.6. The molecule has 0 aliphatic heterocycles. The molecule has 0 bridgehead atoms. The highest BCUT2D eigenvalue weighted by atomic mass is 16.5. The number of carbonyl (C=O) groups is 2. The molecule has 5 heteroatoms. The van der Waals surface area contributed by atoms with Crippen LogP contribution in [0.25, 0.3) is 10.9 Å². The van der Waals surface area contributed by atoms with Crippen molar-refractivity contribution >= 4 is 28.3 Å². The number of nitrogens with zero attached hydrogens (tertiary/aromatic N) is 1. The number of hydroxylamine groups is 1. The molecule has 1 saturated carbocycles. The molecule has 0 atom stereocenters. The summed E-state index contributed by atoms with van der Waals surface area (Å²) in [5.74, 6) is -0.0564.